The Bertz CT molecular complexity index is 1150. The number of rotatable bonds is 10. The lowest BCUT2D eigenvalue weighted by atomic mass is 9.61. The molecule has 0 aliphatic heterocycles. The summed E-state index contributed by atoms with van der Waals surface area (Å²) >= 11 is 6.93. The molecule has 0 bridgehead atoms. The molecule has 3 rings (SSSR count). The summed E-state index contributed by atoms with van der Waals surface area (Å²) < 4.78 is 7.24. The van der Waals surface area contributed by atoms with Gasteiger partial charge in [-0.25, -0.2) is 0 Å². The molecule has 0 aliphatic carbocycles. The van der Waals surface area contributed by atoms with Crippen LogP contribution in [0.4, 0.5) is 0 Å². The first kappa shape index (κ1) is 31.6. The van der Waals surface area contributed by atoms with Crippen LogP contribution in [0, 0.1) is 17.3 Å². The van der Waals surface area contributed by atoms with E-state index in [2.05, 4.69) is 141 Å². The lowest BCUT2D eigenvalue weighted by Gasteiger charge is -2.51. The highest BCUT2D eigenvalue weighted by molar-refractivity contribution is 6.32. The highest BCUT2D eigenvalue weighted by Crippen LogP contribution is 2.51. The average Bonchev–Trinajstić information content (AvgIpc) is 2.85. The third-order valence-corrected chi connectivity index (χ3v) is 8.88. The van der Waals surface area contributed by atoms with Crippen molar-refractivity contribution in [3.8, 4) is 0 Å². The third kappa shape index (κ3) is 7.64. The lowest BCUT2D eigenvalue weighted by molar-refractivity contribution is -0.0216. The average molecular weight is 562 g/mol. The summed E-state index contributed by atoms with van der Waals surface area (Å²) in [5.41, 5.74) is 10.7. The third-order valence-electron chi connectivity index (χ3n) is 7.49. The van der Waals surface area contributed by atoms with Gasteiger partial charge < -0.3 is 10.2 Å². The molecule has 2 radical (unpaired) electrons. The van der Waals surface area contributed by atoms with E-state index >= 15 is 0 Å². The van der Waals surface area contributed by atoms with Gasteiger partial charge in [0, 0.05) is 16.5 Å². The van der Waals surface area contributed by atoms with E-state index in [0.29, 0.717) is 0 Å². The van der Waals surface area contributed by atoms with Gasteiger partial charge in [0.05, 0.1) is 0 Å². The van der Waals surface area contributed by atoms with Gasteiger partial charge in [-0.1, -0.05) is 140 Å². The molecule has 0 heterocycles. The van der Waals surface area contributed by atoms with E-state index in [4.69, 9.17) is 21.8 Å². The Morgan fingerprint density at radius 2 is 1.28 bits per heavy atom. The quantitative estimate of drug-likeness (QED) is 0.250. The van der Waals surface area contributed by atoms with E-state index in [0.717, 1.165) is 34.6 Å². The zero-order chi connectivity index (χ0) is 29.1. The summed E-state index contributed by atoms with van der Waals surface area (Å²) in [6, 6.07) is 27.7. The van der Waals surface area contributed by atoms with Crippen LogP contribution in [0.5, 0.6) is 0 Å². The highest BCUT2D eigenvalue weighted by Gasteiger charge is 2.52. The molecule has 0 aliphatic rings. The van der Waals surface area contributed by atoms with Crippen LogP contribution in [0.2, 0.25) is 10.1 Å². The van der Waals surface area contributed by atoms with Gasteiger partial charge in [0.2, 0.25) is 9.76 Å². The zero-order valence-corrected chi connectivity index (χ0v) is 27.2. The minimum atomic E-state index is -0.761. The van der Waals surface area contributed by atoms with Gasteiger partial charge in [0.1, 0.15) is 5.60 Å². The summed E-state index contributed by atoms with van der Waals surface area (Å²) in [6.45, 7) is 20.2. The maximum Gasteiger partial charge on any atom is 0.237 e. The maximum atomic E-state index is 7.51. The van der Waals surface area contributed by atoms with Gasteiger partial charge in [-0.05, 0) is 64.5 Å². The van der Waals surface area contributed by atoms with Crippen molar-refractivity contribution in [1.82, 2.24) is 0 Å². The van der Waals surface area contributed by atoms with Gasteiger partial charge in [-0.3, -0.25) is 0 Å². The van der Waals surface area contributed by atoms with Crippen LogP contribution in [0.3, 0.4) is 0 Å². The van der Waals surface area contributed by atoms with E-state index < -0.39 is 11.1 Å². The fourth-order valence-corrected chi connectivity index (χ4v) is 6.78. The smallest absolute Gasteiger partial charge is 0.237 e. The Balaban J connectivity index is 2.24. The Labute approximate surface area is 245 Å². The highest BCUT2D eigenvalue weighted by atomic mass is 35.5. The normalized spacial score (nSPS) is 15.3. The van der Waals surface area contributed by atoms with Crippen LogP contribution in [0.1, 0.15) is 91.0 Å². The summed E-state index contributed by atoms with van der Waals surface area (Å²) in [6.07, 6.45) is 2.03. The molecular formula is C35H48ClNOSi. The van der Waals surface area contributed by atoms with E-state index in [1.54, 1.807) is 0 Å². The molecule has 0 saturated heterocycles. The van der Waals surface area contributed by atoms with Crippen molar-refractivity contribution < 1.29 is 4.43 Å². The molecule has 0 spiro atoms. The predicted molar refractivity (Wildman–Crippen MR) is 169 cm³/mol. The van der Waals surface area contributed by atoms with Crippen molar-refractivity contribution in [2.45, 2.75) is 91.3 Å². The molecule has 0 fully saturated rings. The van der Waals surface area contributed by atoms with Crippen LogP contribution >= 0.6 is 11.6 Å². The van der Waals surface area contributed by atoms with Gasteiger partial charge in [0.25, 0.3) is 0 Å². The van der Waals surface area contributed by atoms with Gasteiger partial charge in [-0.2, -0.15) is 0 Å². The monoisotopic (exact) mass is 561 g/mol. The standard InChI is InChI=1S/C35H48ClNOSi/c1-25(2)31(34(9,37)29-21-20-26(30(36)24-29)22-23-32(3,4)5)35(38-39-33(6,7)8,27-16-12-10-13-17-27)28-18-14-11-15-19-28/h10-21,24-25,31H,22-23,37H2,1-9H3. The van der Waals surface area contributed by atoms with Crippen molar-refractivity contribution >= 4 is 21.4 Å². The molecule has 2 atom stereocenters. The Morgan fingerprint density at radius 1 is 0.769 bits per heavy atom. The molecule has 39 heavy (non-hydrogen) atoms. The first-order valence-corrected chi connectivity index (χ1v) is 15.5. The molecule has 4 heteroatoms. The van der Waals surface area contributed by atoms with Crippen molar-refractivity contribution in [2.75, 3.05) is 0 Å². The molecule has 0 aromatic heterocycles. The van der Waals surface area contributed by atoms with E-state index in [1.165, 1.54) is 5.56 Å². The molecule has 2 unspecified atom stereocenters. The van der Waals surface area contributed by atoms with Crippen LogP contribution in [0.15, 0.2) is 78.9 Å². The molecule has 3 aromatic rings. The Hall–Kier alpha value is -1.91. The number of halogens is 1. The SMILES string of the molecule is CC(C)C(C(C)(N)c1ccc(CCC(C)(C)C)c(Cl)c1)C(O[Si]C(C)(C)C)(c1ccccc1)c1ccccc1. The molecule has 0 amide bonds. The fraction of sp³-hybridized carbons (Fsp3) is 0.486. The van der Waals surface area contributed by atoms with Crippen LogP contribution in [0.25, 0.3) is 0 Å². The summed E-state index contributed by atoms with van der Waals surface area (Å²) in [5.74, 6) is 0.102. The maximum absolute atomic E-state index is 7.51. The minimum absolute atomic E-state index is 0.000644. The Kier molecular flexibility index (Phi) is 9.97. The molecule has 3 aromatic carbocycles. The second kappa shape index (κ2) is 12.3. The number of aryl methyl sites for hydroxylation is 1. The Morgan fingerprint density at radius 3 is 1.69 bits per heavy atom. The first-order chi connectivity index (χ1) is 18.1. The molecule has 0 saturated carbocycles. The van der Waals surface area contributed by atoms with Crippen molar-refractivity contribution in [1.29, 1.82) is 0 Å². The number of hydrogen-bond acceptors (Lipinski definition) is 2. The molecule has 210 valence electrons. The van der Waals surface area contributed by atoms with E-state index in [-0.39, 0.29) is 32.1 Å². The minimum Gasteiger partial charge on any atom is -0.403 e. The van der Waals surface area contributed by atoms with Crippen LogP contribution < -0.4 is 5.73 Å². The van der Waals surface area contributed by atoms with Crippen molar-refractivity contribution in [3.05, 3.63) is 106 Å². The zero-order valence-electron chi connectivity index (χ0n) is 25.4. The fourth-order valence-electron chi connectivity index (χ4n) is 5.67. The topological polar surface area (TPSA) is 35.2 Å². The van der Waals surface area contributed by atoms with Gasteiger partial charge >= 0.3 is 0 Å². The predicted octanol–water partition coefficient (Wildman–Crippen LogP) is 9.56. The first-order valence-electron chi connectivity index (χ1n) is 14.2. The number of hydrogen-bond donors (Lipinski definition) is 1. The second-order valence-electron chi connectivity index (χ2n) is 13.8. The van der Waals surface area contributed by atoms with E-state index in [1.807, 2.05) is 0 Å². The van der Waals surface area contributed by atoms with Gasteiger partial charge in [-0.15, -0.1) is 0 Å². The largest absolute Gasteiger partial charge is 0.403 e. The summed E-state index contributed by atoms with van der Waals surface area (Å²) in [5, 5.41) is 0.790. The van der Waals surface area contributed by atoms with Crippen molar-refractivity contribution in [2.24, 2.45) is 23.0 Å². The van der Waals surface area contributed by atoms with E-state index in [9.17, 15) is 0 Å². The van der Waals surface area contributed by atoms with Crippen LogP contribution in [-0.2, 0) is 22.0 Å². The van der Waals surface area contributed by atoms with Crippen LogP contribution in [-0.4, -0.2) is 9.76 Å². The number of nitrogens with two attached hydrogens (primary N) is 1. The molecule has 2 N–H and O–H groups in total. The summed E-state index contributed by atoms with van der Waals surface area (Å²) in [4.78, 5) is 0. The number of benzene rings is 3. The molecule has 2 nitrogen and oxygen atoms in total. The summed E-state index contributed by atoms with van der Waals surface area (Å²) in [7, 11) is 0.275. The van der Waals surface area contributed by atoms with Gasteiger partial charge in [0.15, 0.2) is 0 Å². The van der Waals surface area contributed by atoms with Crippen molar-refractivity contribution in [3.63, 3.8) is 0 Å². The lowest BCUT2D eigenvalue weighted by Crippen LogP contribution is -2.56. The second-order valence-corrected chi connectivity index (χ2v) is 16.1. The molecular weight excluding hydrogens is 514 g/mol.